The second-order valence-electron chi connectivity index (χ2n) is 4.39. The molecule has 0 heterocycles. The molecule has 0 saturated carbocycles. The van der Waals surface area contributed by atoms with Crippen LogP contribution >= 0.6 is 0 Å². The molecule has 18 heavy (non-hydrogen) atoms. The van der Waals surface area contributed by atoms with Crippen LogP contribution in [-0.2, 0) is 14.4 Å². The van der Waals surface area contributed by atoms with E-state index in [0.29, 0.717) is 12.7 Å². The maximum absolute atomic E-state index is 11.7. The lowest BCUT2D eigenvalue weighted by atomic mass is 10.0. The molecule has 0 aromatic heterocycles. The molecule has 104 valence electrons. The highest BCUT2D eigenvalue weighted by Crippen LogP contribution is 2.03. The van der Waals surface area contributed by atoms with Gasteiger partial charge >= 0.3 is 0 Å². The highest BCUT2D eigenvalue weighted by atomic mass is 16.3. The Morgan fingerprint density at radius 2 is 1.94 bits per heavy atom. The number of rotatable bonds is 8. The predicted octanol–water partition coefficient (Wildman–Crippen LogP) is -1.85. The number of amides is 2. The van der Waals surface area contributed by atoms with E-state index >= 15 is 0 Å². The molecule has 7 nitrogen and oxygen atoms in total. The molecule has 2 amide bonds. The second-order valence-corrected chi connectivity index (χ2v) is 4.39. The van der Waals surface area contributed by atoms with Crippen molar-refractivity contribution in [1.29, 1.82) is 0 Å². The summed E-state index contributed by atoms with van der Waals surface area (Å²) in [5.74, 6) is -0.903. The Morgan fingerprint density at radius 3 is 2.33 bits per heavy atom. The van der Waals surface area contributed by atoms with Crippen LogP contribution in [0.2, 0.25) is 0 Å². The smallest absolute Gasteiger partial charge is 0.245 e. The summed E-state index contributed by atoms with van der Waals surface area (Å²) < 4.78 is 0. The predicted molar refractivity (Wildman–Crippen MR) is 65.5 cm³/mol. The number of hydrogen-bond acceptors (Lipinski definition) is 5. The van der Waals surface area contributed by atoms with E-state index in [1.165, 1.54) is 0 Å². The lowest BCUT2D eigenvalue weighted by molar-refractivity contribution is -0.130. The number of hydrogen-bond donors (Lipinski definition) is 4. The van der Waals surface area contributed by atoms with Crippen LogP contribution in [0.4, 0.5) is 0 Å². The molecule has 0 radical (unpaired) electrons. The molecular formula is C11H21N3O4. The minimum atomic E-state index is -1.09. The average Bonchev–Trinajstić information content (AvgIpc) is 2.33. The maximum atomic E-state index is 11.7. The van der Waals surface area contributed by atoms with Crippen LogP contribution in [0.5, 0.6) is 0 Å². The van der Waals surface area contributed by atoms with Gasteiger partial charge in [-0.05, 0) is 12.3 Å². The van der Waals surface area contributed by atoms with Gasteiger partial charge in [-0.15, -0.1) is 0 Å². The SMILES string of the molecule is CC(C)C[C@H](C=O)NC(=O)[C@@H](CO)NC(=O)CN. The molecule has 0 unspecified atom stereocenters. The van der Waals surface area contributed by atoms with Crippen LogP contribution in [-0.4, -0.2) is 48.4 Å². The van der Waals surface area contributed by atoms with Gasteiger partial charge in [0.15, 0.2) is 0 Å². The van der Waals surface area contributed by atoms with E-state index in [2.05, 4.69) is 10.6 Å². The van der Waals surface area contributed by atoms with E-state index in [1.54, 1.807) is 0 Å². The Labute approximate surface area is 106 Å². The quantitative estimate of drug-likeness (QED) is 0.381. The molecule has 0 rings (SSSR count). The van der Waals surface area contributed by atoms with Crippen molar-refractivity contribution in [3.63, 3.8) is 0 Å². The maximum Gasteiger partial charge on any atom is 0.245 e. The molecule has 0 spiro atoms. The fourth-order valence-electron chi connectivity index (χ4n) is 1.39. The van der Waals surface area contributed by atoms with Gasteiger partial charge in [0.1, 0.15) is 12.3 Å². The van der Waals surface area contributed by atoms with Crippen molar-refractivity contribution < 1.29 is 19.5 Å². The number of carbonyl (C=O) groups excluding carboxylic acids is 3. The molecule has 7 heteroatoms. The first-order valence-electron chi connectivity index (χ1n) is 5.80. The van der Waals surface area contributed by atoms with E-state index < -0.39 is 30.5 Å². The molecule has 0 fully saturated rings. The summed E-state index contributed by atoms with van der Waals surface area (Å²) in [7, 11) is 0. The van der Waals surface area contributed by atoms with Crippen LogP contribution in [0, 0.1) is 5.92 Å². The van der Waals surface area contributed by atoms with E-state index in [-0.39, 0.29) is 12.5 Å². The van der Waals surface area contributed by atoms with Gasteiger partial charge in [0.05, 0.1) is 19.2 Å². The lowest BCUT2D eigenvalue weighted by Gasteiger charge is -2.19. The van der Waals surface area contributed by atoms with Gasteiger partial charge in [-0.2, -0.15) is 0 Å². The van der Waals surface area contributed by atoms with Crippen molar-refractivity contribution in [2.75, 3.05) is 13.2 Å². The summed E-state index contributed by atoms with van der Waals surface area (Å²) >= 11 is 0. The minimum absolute atomic E-state index is 0.242. The summed E-state index contributed by atoms with van der Waals surface area (Å²) in [4.78, 5) is 33.5. The first kappa shape index (κ1) is 16.5. The Kier molecular flexibility index (Phi) is 7.89. The van der Waals surface area contributed by atoms with Crippen molar-refractivity contribution in [3.8, 4) is 0 Å². The van der Waals surface area contributed by atoms with Crippen LogP contribution in [0.25, 0.3) is 0 Å². The first-order valence-corrected chi connectivity index (χ1v) is 5.80. The van der Waals surface area contributed by atoms with Crippen molar-refractivity contribution in [3.05, 3.63) is 0 Å². The molecule has 0 aromatic rings. The van der Waals surface area contributed by atoms with E-state index in [1.807, 2.05) is 13.8 Å². The highest BCUT2D eigenvalue weighted by Gasteiger charge is 2.22. The number of aliphatic hydroxyl groups excluding tert-OH is 1. The number of aldehydes is 1. The molecule has 0 saturated heterocycles. The number of nitrogens with two attached hydrogens (primary N) is 1. The third-order valence-corrected chi connectivity index (χ3v) is 2.24. The Bertz CT molecular complexity index is 294. The van der Waals surface area contributed by atoms with Crippen molar-refractivity contribution in [1.82, 2.24) is 10.6 Å². The van der Waals surface area contributed by atoms with E-state index in [9.17, 15) is 14.4 Å². The standard InChI is InChI=1S/C11H21N3O4/c1-7(2)3-8(5-15)13-11(18)9(6-16)14-10(17)4-12/h5,7-9,16H,3-4,6,12H2,1-2H3,(H,13,18)(H,14,17)/t8-,9-/m1/s1. The second kappa shape index (κ2) is 8.60. The Morgan fingerprint density at radius 1 is 1.33 bits per heavy atom. The largest absolute Gasteiger partial charge is 0.394 e. The number of carbonyl (C=O) groups is 3. The van der Waals surface area contributed by atoms with Gasteiger partial charge in [0, 0.05) is 0 Å². The third-order valence-electron chi connectivity index (χ3n) is 2.24. The summed E-state index contributed by atoms with van der Waals surface area (Å²) in [6.07, 6.45) is 1.13. The molecule has 0 bridgehead atoms. The summed E-state index contributed by atoms with van der Waals surface area (Å²) in [5, 5.41) is 13.7. The molecule has 5 N–H and O–H groups in total. The summed E-state index contributed by atoms with van der Waals surface area (Å²) in [5.41, 5.74) is 5.09. The van der Waals surface area contributed by atoms with Gasteiger partial charge in [-0.25, -0.2) is 0 Å². The molecule has 2 atom stereocenters. The van der Waals surface area contributed by atoms with Gasteiger partial charge in [-0.3, -0.25) is 9.59 Å². The molecule has 0 aliphatic carbocycles. The number of aliphatic hydroxyl groups is 1. The first-order chi connectivity index (χ1) is 8.44. The summed E-state index contributed by atoms with van der Waals surface area (Å²) in [6.45, 7) is 3.02. The Balaban J connectivity index is 4.40. The van der Waals surface area contributed by atoms with Gasteiger partial charge in [0.25, 0.3) is 0 Å². The van der Waals surface area contributed by atoms with E-state index in [0.717, 1.165) is 0 Å². The van der Waals surface area contributed by atoms with Crippen molar-refractivity contribution >= 4 is 18.1 Å². The lowest BCUT2D eigenvalue weighted by Crippen LogP contribution is -2.53. The van der Waals surface area contributed by atoms with Crippen molar-refractivity contribution in [2.45, 2.75) is 32.4 Å². The van der Waals surface area contributed by atoms with Crippen LogP contribution in [0.15, 0.2) is 0 Å². The van der Waals surface area contributed by atoms with Gasteiger partial charge in [0.2, 0.25) is 11.8 Å². The highest BCUT2D eigenvalue weighted by molar-refractivity contribution is 5.89. The minimum Gasteiger partial charge on any atom is -0.394 e. The molecule has 0 aromatic carbocycles. The van der Waals surface area contributed by atoms with Gasteiger partial charge in [-0.1, -0.05) is 13.8 Å². The van der Waals surface area contributed by atoms with Gasteiger partial charge < -0.3 is 26.3 Å². The zero-order chi connectivity index (χ0) is 14.1. The van der Waals surface area contributed by atoms with E-state index in [4.69, 9.17) is 10.8 Å². The zero-order valence-electron chi connectivity index (χ0n) is 10.7. The monoisotopic (exact) mass is 259 g/mol. The van der Waals surface area contributed by atoms with Crippen molar-refractivity contribution in [2.24, 2.45) is 11.7 Å². The Hall–Kier alpha value is -1.47. The number of nitrogens with one attached hydrogen (secondary N) is 2. The van der Waals surface area contributed by atoms with Crippen LogP contribution in [0.3, 0.4) is 0 Å². The molecule has 0 aliphatic rings. The normalized spacial score (nSPS) is 13.8. The topological polar surface area (TPSA) is 122 Å². The molecular weight excluding hydrogens is 238 g/mol. The van der Waals surface area contributed by atoms with Crippen LogP contribution < -0.4 is 16.4 Å². The van der Waals surface area contributed by atoms with Crippen LogP contribution in [0.1, 0.15) is 20.3 Å². The third kappa shape index (κ3) is 6.31. The molecule has 0 aliphatic heterocycles. The zero-order valence-corrected chi connectivity index (χ0v) is 10.7. The fourth-order valence-corrected chi connectivity index (χ4v) is 1.39. The fraction of sp³-hybridized carbons (Fsp3) is 0.727. The average molecular weight is 259 g/mol. The summed E-state index contributed by atoms with van der Waals surface area (Å²) in [6, 6.07) is -1.71.